The van der Waals surface area contributed by atoms with E-state index in [0.29, 0.717) is 6.41 Å². The smallest absolute Gasteiger partial charge is 0.356 e. The van der Waals surface area contributed by atoms with Crippen LogP contribution in [-0.2, 0) is 14.3 Å². The van der Waals surface area contributed by atoms with Gasteiger partial charge in [0.25, 0.3) is 0 Å². The van der Waals surface area contributed by atoms with Crippen molar-refractivity contribution in [3.63, 3.8) is 0 Å². The highest BCUT2D eigenvalue weighted by Crippen LogP contribution is 2.07. The molecular formula is C11H15N3O3. The van der Waals surface area contributed by atoms with E-state index in [1.54, 1.807) is 26.8 Å². The average Bonchev–Trinajstić information content (AvgIpc) is 2.59. The summed E-state index contributed by atoms with van der Waals surface area (Å²) >= 11 is 0. The molecule has 0 aliphatic rings. The van der Waals surface area contributed by atoms with Crippen LogP contribution in [-0.4, -0.2) is 28.9 Å². The summed E-state index contributed by atoms with van der Waals surface area (Å²) in [6, 6.07) is 1.79. The molecule has 0 aliphatic carbocycles. The molecule has 1 aromatic heterocycles. The van der Waals surface area contributed by atoms with Crippen LogP contribution >= 0.6 is 0 Å². The number of nitrogens with zero attached hydrogens (tertiary/aromatic N) is 3. The summed E-state index contributed by atoms with van der Waals surface area (Å²) in [6.45, 7) is 9.00. The van der Waals surface area contributed by atoms with Crippen molar-refractivity contribution >= 4 is 12.4 Å². The van der Waals surface area contributed by atoms with Crippen LogP contribution in [0.4, 0.5) is 0 Å². The first-order valence-corrected chi connectivity index (χ1v) is 5.15. The van der Waals surface area contributed by atoms with E-state index in [9.17, 15) is 9.59 Å². The summed E-state index contributed by atoms with van der Waals surface area (Å²) in [7, 11) is 0. The predicted octanol–water partition coefficient (Wildman–Crippen LogP) is 0.671. The van der Waals surface area contributed by atoms with Crippen LogP contribution in [0.1, 0.15) is 18.3 Å². The zero-order chi connectivity index (χ0) is 13.0. The molecule has 0 aromatic carbocycles. The second-order valence-corrected chi connectivity index (χ2v) is 3.43. The van der Waals surface area contributed by atoms with Gasteiger partial charge in [0.1, 0.15) is 5.70 Å². The first-order chi connectivity index (χ1) is 8.01. The number of amides is 1. The fourth-order valence-electron chi connectivity index (χ4n) is 1.37. The zero-order valence-corrected chi connectivity index (χ0v) is 10.1. The summed E-state index contributed by atoms with van der Waals surface area (Å²) < 4.78 is 4.77. The van der Waals surface area contributed by atoms with E-state index in [0.717, 1.165) is 16.4 Å². The lowest BCUT2D eigenvalue weighted by atomic mass is 10.4. The van der Waals surface area contributed by atoms with Gasteiger partial charge < -0.3 is 4.74 Å². The second-order valence-electron chi connectivity index (χ2n) is 3.43. The molecule has 0 saturated heterocycles. The fraction of sp³-hybridized carbons (Fsp3) is 0.364. The van der Waals surface area contributed by atoms with Gasteiger partial charge in [-0.05, 0) is 26.8 Å². The highest BCUT2D eigenvalue weighted by atomic mass is 16.5. The van der Waals surface area contributed by atoms with E-state index in [-0.39, 0.29) is 12.3 Å². The van der Waals surface area contributed by atoms with Gasteiger partial charge in [-0.15, -0.1) is 0 Å². The summed E-state index contributed by atoms with van der Waals surface area (Å²) in [5, 5.41) is 5.10. The van der Waals surface area contributed by atoms with Crippen LogP contribution in [0.2, 0.25) is 0 Å². The largest absolute Gasteiger partial charge is 0.461 e. The van der Waals surface area contributed by atoms with E-state index in [1.165, 1.54) is 4.79 Å². The summed E-state index contributed by atoms with van der Waals surface area (Å²) in [6.07, 6.45) is 0.471. The standard InChI is InChI=1S/C11H15N3O3/c1-5-17-11(16)10(4)13(7-15)14-9(3)6-8(2)12-14/h6-7H,4-5H2,1-3H3. The van der Waals surface area contributed by atoms with E-state index in [2.05, 4.69) is 11.7 Å². The van der Waals surface area contributed by atoms with E-state index in [4.69, 9.17) is 4.74 Å². The first-order valence-electron chi connectivity index (χ1n) is 5.15. The van der Waals surface area contributed by atoms with Crippen molar-refractivity contribution in [2.75, 3.05) is 11.6 Å². The van der Waals surface area contributed by atoms with Gasteiger partial charge in [0.05, 0.1) is 18.0 Å². The van der Waals surface area contributed by atoms with Gasteiger partial charge in [0.15, 0.2) is 0 Å². The van der Waals surface area contributed by atoms with Gasteiger partial charge in [-0.2, -0.15) is 14.9 Å². The summed E-state index contributed by atoms with van der Waals surface area (Å²) in [5.74, 6) is -0.646. The van der Waals surface area contributed by atoms with Crippen molar-refractivity contribution in [3.05, 3.63) is 29.7 Å². The maximum absolute atomic E-state index is 11.5. The molecule has 0 bridgehead atoms. The van der Waals surface area contributed by atoms with Gasteiger partial charge in [-0.25, -0.2) is 4.79 Å². The molecule has 1 aromatic rings. The molecule has 1 heterocycles. The van der Waals surface area contributed by atoms with Crippen LogP contribution < -0.4 is 5.01 Å². The molecule has 0 N–H and O–H groups in total. The minimum Gasteiger partial charge on any atom is -0.461 e. The third kappa shape index (κ3) is 2.72. The number of ether oxygens (including phenoxy) is 1. The fourth-order valence-corrected chi connectivity index (χ4v) is 1.37. The van der Waals surface area contributed by atoms with Crippen LogP contribution in [0.3, 0.4) is 0 Å². The normalized spacial score (nSPS) is 9.82. The SMILES string of the molecule is C=C(C(=O)OCC)N(C=O)n1nc(C)cc1C. The maximum atomic E-state index is 11.5. The van der Waals surface area contributed by atoms with Crippen LogP contribution in [0.5, 0.6) is 0 Å². The van der Waals surface area contributed by atoms with Crippen molar-refractivity contribution < 1.29 is 14.3 Å². The van der Waals surface area contributed by atoms with Crippen molar-refractivity contribution in [2.45, 2.75) is 20.8 Å². The van der Waals surface area contributed by atoms with Crippen molar-refractivity contribution in [2.24, 2.45) is 0 Å². The Labute approximate surface area is 99.4 Å². The van der Waals surface area contributed by atoms with E-state index < -0.39 is 5.97 Å². The second kappa shape index (κ2) is 5.29. The van der Waals surface area contributed by atoms with Crippen LogP contribution in [0.15, 0.2) is 18.3 Å². The number of rotatable bonds is 5. The number of aryl methyl sites for hydroxylation is 2. The molecule has 0 spiro atoms. The lowest BCUT2D eigenvalue weighted by molar-refractivity contribution is -0.139. The molecule has 0 atom stereocenters. The monoisotopic (exact) mass is 237 g/mol. The number of aromatic nitrogens is 2. The Balaban J connectivity index is 3.00. The van der Waals surface area contributed by atoms with Crippen LogP contribution in [0.25, 0.3) is 0 Å². The Morgan fingerprint density at radius 1 is 1.65 bits per heavy atom. The molecule has 92 valence electrons. The third-order valence-corrected chi connectivity index (χ3v) is 2.08. The maximum Gasteiger partial charge on any atom is 0.356 e. The minimum atomic E-state index is -0.646. The molecule has 6 nitrogen and oxygen atoms in total. The van der Waals surface area contributed by atoms with Gasteiger partial charge in [0, 0.05) is 0 Å². The number of esters is 1. The van der Waals surface area contributed by atoms with Crippen molar-refractivity contribution in [3.8, 4) is 0 Å². The number of carbonyl (C=O) groups excluding carboxylic acids is 2. The first kappa shape index (κ1) is 13.0. The molecule has 0 unspecified atom stereocenters. The van der Waals surface area contributed by atoms with Gasteiger partial charge in [-0.3, -0.25) is 4.79 Å². The van der Waals surface area contributed by atoms with E-state index in [1.807, 2.05) is 0 Å². The van der Waals surface area contributed by atoms with Crippen LogP contribution in [0, 0.1) is 13.8 Å². The molecule has 6 heteroatoms. The van der Waals surface area contributed by atoms with Gasteiger partial charge in [-0.1, -0.05) is 6.58 Å². The van der Waals surface area contributed by atoms with Gasteiger partial charge in [0.2, 0.25) is 6.41 Å². The predicted molar refractivity (Wildman–Crippen MR) is 61.8 cm³/mol. The Hall–Kier alpha value is -2.11. The summed E-state index contributed by atoms with van der Waals surface area (Å²) in [5.41, 5.74) is 1.39. The topological polar surface area (TPSA) is 64.4 Å². The lowest BCUT2D eigenvalue weighted by Gasteiger charge is -2.19. The molecule has 1 amide bonds. The highest BCUT2D eigenvalue weighted by molar-refractivity contribution is 5.94. The quantitative estimate of drug-likeness (QED) is 0.429. The zero-order valence-electron chi connectivity index (χ0n) is 10.1. The Bertz CT molecular complexity index is 451. The average molecular weight is 237 g/mol. The molecule has 1 rings (SSSR count). The Morgan fingerprint density at radius 3 is 2.71 bits per heavy atom. The lowest BCUT2D eigenvalue weighted by Crippen LogP contribution is -2.37. The Morgan fingerprint density at radius 2 is 2.29 bits per heavy atom. The van der Waals surface area contributed by atoms with Gasteiger partial charge >= 0.3 is 5.97 Å². The Kier molecular flexibility index (Phi) is 4.03. The molecule has 17 heavy (non-hydrogen) atoms. The molecule has 0 fully saturated rings. The third-order valence-electron chi connectivity index (χ3n) is 2.08. The molecule has 0 saturated carbocycles. The summed E-state index contributed by atoms with van der Waals surface area (Å²) in [4.78, 5) is 23.8. The minimum absolute atomic E-state index is 0.0759. The molecule has 0 radical (unpaired) electrons. The molecule has 0 aliphatic heterocycles. The van der Waals surface area contributed by atoms with Crippen molar-refractivity contribution in [1.82, 2.24) is 9.89 Å². The molecular weight excluding hydrogens is 222 g/mol. The number of hydrogen-bond donors (Lipinski definition) is 0. The van der Waals surface area contributed by atoms with E-state index >= 15 is 0 Å². The number of carbonyl (C=O) groups is 2. The van der Waals surface area contributed by atoms with Crippen molar-refractivity contribution in [1.29, 1.82) is 0 Å². The number of hydrogen-bond acceptors (Lipinski definition) is 4. The highest BCUT2D eigenvalue weighted by Gasteiger charge is 2.19.